The van der Waals surface area contributed by atoms with Gasteiger partial charge in [0.1, 0.15) is 11.3 Å². The van der Waals surface area contributed by atoms with E-state index in [0.717, 1.165) is 35.2 Å². The minimum atomic E-state index is -1.06. The molecule has 7 nitrogen and oxygen atoms in total. The standard InChI is InChI=1S/C29H36N4O3/c1-5-36-22-15-13-21(14-16-22)17-33-27(34)26-30-24-10-6-7-12-25(24)32(26)18-29(33,4)28(35)31-23-11-8-9-19(2)20(23)3/h6-7,10,12-16,19-20,23H,5,8-9,11,17-18H2,1-4H3,(H,31,35)/t19-,20+,23+,29+/m0/s1. The summed E-state index contributed by atoms with van der Waals surface area (Å²) in [6.07, 6.45) is 3.27. The molecule has 2 aromatic carbocycles. The van der Waals surface area contributed by atoms with Crippen molar-refractivity contribution in [3.05, 3.63) is 59.9 Å². The summed E-state index contributed by atoms with van der Waals surface area (Å²) in [6.45, 7) is 9.59. The second kappa shape index (κ2) is 9.60. The van der Waals surface area contributed by atoms with E-state index in [4.69, 9.17) is 4.74 Å². The molecule has 0 spiro atoms. The second-order valence-corrected chi connectivity index (χ2v) is 10.6. The average molecular weight is 489 g/mol. The van der Waals surface area contributed by atoms with Gasteiger partial charge in [-0.2, -0.15) is 0 Å². The zero-order valence-corrected chi connectivity index (χ0v) is 21.7. The quantitative estimate of drug-likeness (QED) is 0.541. The molecular weight excluding hydrogens is 452 g/mol. The normalized spacial score (nSPS) is 26.1. The molecule has 1 aliphatic heterocycles. The van der Waals surface area contributed by atoms with Crippen molar-refractivity contribution in [1.29, 1.82) is 0 Å². The monoisotopic (exact) mass is 488 g/mol. The Morgan fingerprint density at radius 2 is 1.89 bits per heavy atom. The minimum Gasteiger partial charge on any atom is -0.494 e. The van der Waals surface area contributed by atoms with Crippen molar-refractivity contribution in [2.24, 2.45) is 11.8 Å². The number of rotatable bonds is 6. The first-order valence-electron chi connectivity index (χ1n) is 13.1. The molecule has 1 aromatic heterocycles. The Labute approximate surface area is 212 Å². The molecule has 1 saturated carbocycles. The Morgan fingerprint density at radius 3 is 2.64 bits per heavy atom. The van der Waals surface area contributed by atoms with Crippen LogP contribution in [0, 0.1) is 11.8 Å². The zero-order valence-electron chi connectivity index (χ0n) is 21.7. The lowest BCUT2D eigenvalue weighted by Gasteiger charge is -2.45. The number of fused-ring (bicyclic) bond motifs is 3. The maximum atomic E-state index is 14.0. The Bertz CT molecular complexity index is 1270. The topological polar surface area (TPSA) is 76.5 Å². The molecule has 4 atom stereocenters. The van der Waals surface area contributed by atoms with Crippen LogP contribution in [0.4, 0.5) is 0 Å². The number of hydrogen-bond acceptors (Lipinski definition) is 4. The molecule has 36 heavy (non-hydrogen) atoms. The highest BCUT2D eigenvalue weighted by molar-refractivity contribution is 6.01. The molecule has 1 fully saturated rings. The number of benzene rings is 2. The van der Waals surface area contributed by atoms with E-state index in [1.165, 1.54) is 6.42 Å². The summed E-state index contributed by atoms with van der Waals surface area (Å²) < 4.78 is 7.49. The van der Waals surface area contributed by atoms with Crippen molar-refractivity contribution in [3.63, 3.8) is 0 Å². The highest BCUT2D eigenvalue weighted by atomic mass is 16.5. The summed E-state index contributed by atoms with van der Waals surface area (Å²) in [6, 6.07) is 15.6. The zero-order chi connectivity index (χ0) is 25.4. The minimum absolute atomic E-state index is 0.101. The van der Waals surface area contributed by atoms with Gasteiger partial charge in [-0.1, -0.05) is 51.0 Å². The third-order valence-electron chi connectivity index (χ3n) is 8.24. The lowest BCUT2D eigenvalue weighted by molar-refractivity contribution is -0.134. The largest absolute Gasteiger partial charge is 0.494 e. The van der Waals surface area contributed by atoms with Gasteiger partial charge in [0.2, 0.25) is 5.91 Å². The summed E-state index contributed by atoms with van der Waals surface area (Å²) >= 11 is 0. The molecule has 2 amide bonds. The number of amides is 2. The number of aromatic nitrogens is 2. The fraction of sp³-hybridized carbons (Fsp3) is 0.483. The molecule has 0 radical (unpaired) electrons. The average Bonchev–Trinajstić information content (AvgIpc) is 3.24. The van der Waals surface area contributed by atoms with E-state index in [0.29, 0.717) is 37.4 Å². The Hall–Kier alpha value is -3.35. The Morgan fingerprint density at radius 1 is 1.14 bits per heavy atom. The number of ether oxygens (including phenoxy) is 1. The van der Waals surface area contributed by atoms with E-state index < -0.39 is 5.54 Å². The molecule has 3 aromatic rings. The van der Waals surface area contributed by atoms with Crippen LogP contribution >= 0.6 is 0 Å². The summed E-state index contributed by atoms with van der Waals surface area (Å²) in [5, 5.41) is 3.36. The molecule has 0 unspecified atom stereocenters. The maximum absolute atomic E-state index is 14.0. The predicted molar refractivity (Wildman–Crippen MR) is 140 cm³/mol. The van der Waals surface area contributed by atoms with Crippen molar-refractivity contribution in [1.82, 2.24) is 19.8 Å². The van der Waals surface area contributed by atoms with Crippen molar-refractivity contribution in [2.45, 2.75) is 71.6 Å². The Kier molecular flexibility index (Phi) is 6.49. The van der Waals surface area contributed by atoms with Gasteiger partial charge in [-0.25, -0.2) is 4.98 Å². The van der Waals surface area contributed by atoms with E-state index in [2.05, 4.69) is 24.1 Å². The molecule has 2 aliphatic rings. The first-order valence-corrected chi connectivity index (χ1v) is 13.1. The van der Waals surface area contributed by atoms with E-state index in [1.807, 2.05) is 66.9 Å². The van der Waals surface area contributed by atoms with Gasteiger partial charge in [-0.3, -0.25) is 9.59 Å². The van der Waals surface area contributed by atoms with Crippen LogP contribution in [0.25, 0.3) is 11.0 Å². The first kappa shape index (κ1) is 24.3. The van der Waals surface area contributed by atoms with E-state index in [9.17, 15) is 9.59 Å². The number of para-hydroxylation sites is 2. The third-order valence-corrected chi connectivity index (χ3v) is 8.24. The van der Waals surface area contributed by atoms with Crippen LogP contribution in [-0.4, -0.2) is 44.5 Å². The third kappa shape index (κ3) is 4.25. The summed E-state index contributed by atoms with van der Waals surface area (Å²) in [5.74, 6) is 1.80. The Balaban J connectivity index is 1.51. The van der Waals surface area contributed by atoms with Gasteiger partial charge in [0, 0.05) is 12.6 Å². The summed E-state index contributed by atoms with van der Waals surface area (Å²) in [7, 11) is 0. The highest BCUT2D eigenvalue weighted by Gasteiger charge is 2.49. The second-order valence-electron chi connectivity index (χ2n) is 10.6. The van der Waals surface area contributed by atoms with Crippen molar-refractivity contribution in [2.75, 3.05) is 6.61 Å². The first-order chi connectivity index (χ1) is 17.3. The van der Waals surface area contributed by atoms with Crippen LogP contribution in [0.3, 0.4) is 0 Å². The molecular formula is C29H36N4O3. The predicted octanol–water partition coefficient (Wildman–Crippen LogP) is 4.79. The van der Waals surface area contributed by atoms with E-state index >= 15 is 0 Å². The van der Waals surface area contributed by atoms with Gasteiger partial charge < -0.3 is 19.5 Å². The fourth-order valence-electron chi connectivity index (χ4n) is 5.73. The number of hydrogen-bond donors (Lipinski definition) is 1. The van der Waals surface area contributed by atoms with Crippen molar-refractivity contribution < 1.29 is 14.3 Å². The van der Waals surface area contributed by atoms with Gasteiger partial charge >= 0.3 is 0 Å². The maximum Gasteiger partial charge on any atom is 0.291 e. The van der Waals surface area contributed by atoms with E-state index in [1.54, 1.807) is 4.90 Å². The van der Waals surface area contributed by atoms with Crippen LogP contribution < -0.4 is 10.1 Å². The number of nitrogens with zero attached hydrogens (tertiary/aromatic N) is 3. The van der Waals surface area contributed by atoms with Gasteiger partial charge in [-0.05, 0) is 61.9 Å². The molecule has 0 saturated heterocycles. The lowest BCUT2D eigenvalue weighted by atomic mass is 9.77. The lowest BCUT2D eigenvalue weighted by Crippen LogP contribution is -2.65. The van der Waals surface area contributed by atoms with Crippen molar-refractivity contribution in [3.8, 4) is 5.75 Å². The van der Waals surface area contributed by atoms with Crippen LogP contribution in [0.2, 0.25) is 0 Å². The summed E-state index contributed by atoms with van der Waals surface area (Å²) in [5.41, 5.74) is 1.52. The van der Waals surface area contributed by atoms with Gasteiger partial charge in [0.05, 0.1) is 24.2 Å². The highest BCUT2D eigenvalue weighted by Crippen LogP contribution is 2.34. The smallest absolute Gasteiger partial charge is 0.291 e. The van der Waals surface area contributed by atoms with Gasteiger partial charge in [-0.15, -0.1) is 0 Å². The molecule has 2 heterocycles. The molecule has 5 rings (SSSR count). The summed E-state index contributed by atoms with van der Waals surface area (Å²) in [4.78, 5) is 34.3. The van der Waals surface area contributed by atoms with Crippen LogP contribution in [0.1, 0.15) is 63.1 Å². The molecule has 1 aliphatic carbocycles. The number of carbonyl (C=O) groups excluding carboxylic acids is 2. The number of carbonyl (C=O) groups is 2. The van der Waals surface area contributed by atoms with Gasteiger partial charge in [0.15, 0.2) is 5.82 Å². The van der Waals surface area contributed by atoms with E-state index in [-0.39, 0.29) is 17.9 Å². The fourth-order valence-corrected chi connectivity index (χ4v) is 5.73. The number of imidazole rings is 1. The molecule has 7 heteroatoms. The van der Waals surface area contributed by atoms with Gasteiger partial charge in [0.25, 0.3) is 5.91 Å². The number of nitrogens with one attached hydrogen (secondary N) is 1. The van der Waals surface area contributed by atoms with Crippen LogP contribution in [0.15, 0.2) is 48.5 Å². The SMILES string of the molecule is CCOc1ccc(CN2C(=O)c3nc4ccccc4n3C[C@]2(C)C(=O)N[C@@H]2CCC[C@H](C)[C@H]2C)cc1. The van der Waals surface area contributed by atoms with Crippen LogP contribution in [-0.2, 0) is 17.9 Å². The van der Waals surface area contributed by atoms with Crippen LogP contribution in [0.5, 0.6) is 5.75 Å². The molecule has 0 bridgehead atoms. The molecule has 1 N–H and O–H groups in total. The molecule has 190 valence electrons. The van der Waals surface area contributed by atoms with Crippen molar-refractivity contribution >= 4 is 22.8 Å².